The number of hydrogen-bond acceptors (Lipinski definition) is 1. The number of hydrogen-bond donors (Lipinski definition) is 1. The number of rotatable bonds is 2. The predicted octanol–water partition coefficient (Wildman–Crippen LogP) is 2.31. The van der Waals surface area contributed by atoms with Crippen LogP contribution in [0.25, 0.3) is 4.47 Å². The van der Waals surface area contributed by atoms with Crippen molar-refractivity contribution in [3.63, 3.8) is 0 Å². The van der Waals surface area contributed by atoms with E-state index >= 15 is 0 Å². The number of allylic oxidation sites excluding steroid dienone is 1. The van der Waals surface area contributed by atoms with E-state index in [1.807, 2.05) is 6.07 Å². The second-order valence-electron chi connectivity index (χ2n) is 3.55. The molecule has 0 bridgehead atoms. The van der Waals surface area contributed by atoms with Crippen molar-refractivity contribution in [3.8, 4) is 11.8 Å². The van der Waals surface area contributed by atoms with E-state index in [1.165, 1.54) is 20.9 Å². The summed E-state index contributed by atoms with van der Waals surface area (Å²) in [6.07, 6.45) is 1.70. The third kappa shape index (κ3) is 2.77. The first-order valence-electron chi connectivity index (χ1n) is 5.43. The minimum absolute atomic E-state index is 0.159. The maximum absolute atomic E-state index is 8.71. The summed E-state index contributed by atoms with van der Waals surface area (Å²) in [7, 11) is 0. The van der Waals surface area contributed by atoms with E-state index in [2.05, 4.69) is 36.1 Å². The van der Waals surface area contributed by atoms with Crippen LogP contribution in [0.15, 0.2) is 35.9 Å². The van der Waals surface area contributed by atoms with Crippen molar-refractivity contribution in [1.29, 1.82) is 0 Å². The van der Waals surface area contributed by atoms with Crippen molar-refractivity contribution in [1.82, 2.24) is 0 Å². The standard InChI is InChI=1S/C14H14OSe/c15-10-5-4-8-13-9-11-16-14(13)12-6-2-1-3-7-12/h1-3,6-7,15H,5,9-11H2. The van der Waals surface area contributed by atoms with Gasteiger partial charge in [-0.1, -0.05) is 0 Å². The molecule has 0 aromatic heterocycles. The molecule has 0 fully saturated rings. The van der Waals surface area contributed by atoms with Crippen LogP contribution in [-0.4, -0.2) is 26.7 Å². The zero-order chi connectivity index (χ0) is 11.2. The summed E-state index contributed by atoms with van der Waals surface area (Å²) in [6.45, 7) is 0.159. The van der Waals surface area contributed by atoms with Crippen LogP contribution >= 0.6 is 0 Å². The van der Waals surface area contributed by atoms with Crippen molar-refractivity contribution in [2.24, 2.45) is 0 Å². The molecule has 0 saturated carbocycles. The Morgan fingerprint density at radius 3 is 2.81 bits per heavy atom. The van der Waals surface area contributed by atoms with Gasteiger partial charge in [-0.2, -0.15) is 0 Å². The van der Waals surface area contributed by atoms with E-state index in [-0.39, 0.29) is 6.61 Å². The van der Waals surface area contributed by atoms with E-state index in [1.54, 1.807) is 0 Å². The molecule has 0 atom stereocenters. The summed E-state index contributed by atoms with van der Waals surface area (Å²) in [4.78, 5) is 0. The van der Waals surface area contributed by atoms with Crippen LogP contribution in [0.4, 0.5) is 0 Å². The van der Waals surface area contributed by atoms with Crippen LogP contribution < -0.4 is 0 Å². The Hall–Kier alpha value is -1.00. The van der Waals surface area contributed by atoms with Gasteiger partial charge in [0.25, 0.3) is 0 Å². The van der Waals surface area contributed by atoms with Crippen LogP contribution in [0.3, 0.4) is 0 Å². The van der Waals surface area contributed by atoms with Gasteiger partial charge in [0.05, 0.1) is 0 Å². The predicted molar refractivity (Wildman–Crippen MR) is 68.0 cm³/mol. The fourth-order valence-corrected chi connectivity index (χ4v) is 4.04. The summed E-state index contributed by atoms with van der Waals surface area (Å²) in [5, 5.41) is 9.97. The SMILES string of the molecule is OCCC#CC1=C(c2ccccc2)[Se]CC1. The molecular formula is C14H14OSe. The maximum atomic E-state index is 8.71. The Balaban J connectivity index is 2.25. The molecule has 2 rings (SSSR count). The zero-order valence-electron chi connectivity index (χ0n) is 9.07. The third-order valence-corrected chi connectivity index (χ3v) is 4.86. The molecule has 0 saturated heterocycles. The Kier molecular flexibility index (Phi) is 4.25. The van der Waals surface area contributed by atoms with Gasteiger partial charge in [-0.05, 0) is 0 Å². The van der Waals surface area contributed by atoms with E-state index in [9.17, 15) is 0 Å². The molecule has 1 nitrogen and oxygen atoms in total. The molecule has 1 aromatic rings. The first-order chi connectivity index (χ1) is 7.92. The van der Waals surface area contributed by atoms with E-state index < -0.39 is 0 Å². The van der Waals surface area contributed by atoms with Crippen molar-refractivity contribution in [2.75, 3.05) is 6.61 Å². The molecule has 1 aliphatic rings. The van der Waals surface area contributed by atoms with E-state index in [0.717, 1.165) is 6.42 Å². The fourth-order valence-electron chi connectivity index (χ4n) is 1.65. The number of benzene rings is 1. The third-order valence-electron chi connectivity index (χ3n) is 2.38. The number of aliphatic hydroxyl groups excluding tert-OH is 1. The molecule has 82 valence electrons. The molecule has 16 heavy (non-hydrogen) atoms. The first-order valence-corrected chi connectivity index (χ1v) is 7.49. The van der Waals surface area contributed by atoms with Crippen LogP contribution in [0.2, 0.25) is 5.32 Å². The Morgan fingerprint density at radius 2 is 2.06 bits per heavy atom. The topological polar surface area (TPSA) is 20.2 Å². The van der Waals surface area contributed by atoms with Crippen LogP contribution in [0.5, 0.6) is 0 Å². The molecule has 1 aromatic carbocycles. The molecule has 1 heterocycles. The molecule has 1 aliphatic heterocycles. The van der Waals surface area contributed by atoms with Crippen molar-refractivity contribution in [2.45, 2.75) is 18.2 Å². The average Bonchev–Trinajstić information content (AvgIpc) is 2.79. The summed E-state index contributed by atoms with van der Waals surface area (Å²) in [5.41, 5.74) is 2.62. The molecule has 0 spiro atoms. The van der Waals surface area contributed by atoms with E-state index in [4.69, 9.17) is 5.11 Å². The summed E-state index contributed by atoms with van der Waals surface area (Å²) in [5.74, 6) is 6.25. The van der Waals surface area contributed by atoms with Crippen molar-refractivity contribution >= 4 is 19.4 Å². The van der Waals surface area contributed by atoms with Gasteiger partial charge in [-0.25, -0.2) is 0 Å². The molecule has 0 amide bonds. The molecule has 1 N–H and O–H groups in total. The molecule has 0 aliphatic carbocycles. The fraction of sp³-hybridized carbons (Fsp3) is 0.286. The quantitative estimate of drug-likeness (QED) is 0.649. The van der Waals surface area contributed by atoms with Gasteiger partial charge in [0.2, 0.25) is 0 Å². The monoisotopic (exact) mass is 278 g/mol. The first kappa shape index (κ1) is 11.5. The molecule has 0 radical (unpaired) electrons. The van der Waals surface area contributed by atoms with Gasteiger partial charge in [-0.15, -0.1) is 0 Å². The Bertz CT molecular complexity index is 437. The Morgan fingerprint density at radius 1 is 1.25 bits per heavy atom. The van der Waals surface area contributed by atoms with Gasteiger partial charge < -0.3 is 0 Å². The molecular weight excluding hydrogens is 263 g/mol. The minimum atomic E-state index is 0.159. The second kappa shape index (κ2) is 5.91. The van der Waals surface area contributed by atoms with Crippen LogP contribution in [0, 0.1) is 11.8 Å². The van der Waals surface area contributed by atoms with Gasteiger partial charge in [-0.3, -0.25) is 0 Å². The Labute approximate surface area is 103 Å². The molecule has 2 heteroatoms. The van der Waals surface area contributed by atoms with Crippen molar-refractivity contribution in [3.05, 3.63) is 41.5 Å². The van der Waals surface area contributed by atoms with Gasteiger partial charge >= 0.3 is 103 Å². The van der Waals surface area contributed by atoms with Gasteiger partial charge in [0.1, 0.15) is 0 Å². The van der Waals surface area contributed by atoms with Crippen molar-refractivity contribution < 1.29 is 5.11 Å². The van der Waals surface area contributed by atoms with E-state index in [0.29, 0.717) is 21.4 Å². The summed E-state index contributed by atoms with van der Waals surface area (Å²) >= 11 is 0.574. The summed E-state index contributed by atoms with van der Waals surface area (Å²) < 4.78 is 1.46. The summed E-state index contributed by atoms with van der Waals surface area (Å²) in [6, 6.07) is 10.5. The average molecular weight is 277 g/mol. The van der Waals surface area contributed by atoms with Crippen LogP contribution in [-0.2, 0) is 0 Å². The second-order valence-corrected chi connectivity index (χ2v) is 5.87. The van der Waals surface area contributed by atoms with Gasteiger partial charge in [0, 0.05) is 0 Å². The number of aliphatic hydroxyl groups is 1. The molecule has 0 unspecified atom stereocenters. The van der Waals surface area contributed by atoms with Crippen LogP contribution in [0.1, 0.15) is 18.4 Å². The normalized spacial score (nSPS) is 14.8. The van der Waals surface area contributed by atoms with Gasteiger partial charge in [0.15, 0.2) is 0 Å². The zero-order valence-corrected chi connectivity index (χ0v) is 10.8.